The van der Waals surface area contributed by atoms with Crippen LogP contribution in [0.3, 0.4) is 0 Å². The minimum absolute atomic E-state index is 0.0517. The zero-order valence-electron chi connectivity index (χ0n) is 22.7. The van der Waals surface area contributed by atoms with Crippen molar-refractivity contribution in [3.8, 4) is 23.1 Å². The molecule has 5 atom stereocenters. The number of benzene rings is 1. The number of nitrogens with zero attached hydrogens (tertiary/aromatic N) is 2. The molecule has 39 heavy (non-hydrogen) atoms. The number of nitriles is 1. The van der Waals surface area contributed by atoms with Crippen LogP contribution in [0.25, 0.3) is 11.3 Å². The number of esters is 1. The number of pyridine rings is 1. The van der Waals surface area contributed by atoms with Crippen LogP contribution in [-0.4, -0.2) is 27.8 Å². The lowest BCUT2D eigenvalue weighted by atomic mass is 9.51. The molecule has 1 aliphatic carbocycles. The second-order valence-electron chi connectivity index (χ2n) is 11.6. The van der Waals surface area contributed by atoms with Gasteiger partial charge < -0.3 is 19.0 Å². The molecule has 0 spiro atoms. The summed E-state index contributed by atoms with van der Waals surface area (Å²) in [6.07, 6.45) is 1.79. The van der Waals surface area contributed by atoms with Gasteiger partial charge in [-0.1, -0.05) is 27.7 Å². The molecule has 3 heterocycles. The molecule has 0 amide bonds. The smallest absolute Gasteiger partial charge is 0.345 e. The lowest BCUT2D eigenvalue weighted by molar-refractivity contribution is -0.219. The number of hydrogen-bond acceptors (Lipinski definition) is 8. The number of carbonyl (C=O) groups is 1. The summed E-state index contributed by atoms with van der Waals surface area (Å²) in [5, 5.41) is 20.9. The second-order valence-corrected chi connectivity index (χ2v) is 11.6. The van der Waals surface area contributed by atoms with Gasteiger partial charge in [0.1, 0.15) is 28.8 Å². The van der Waals surface area contributed by atoms with Crippen molar-refractivity contribution in [2.75, 3.05) is 0 Å². The molecule has 0 radical (unpaired) electrons. The van der Waals surface area contributed by atoms with Gasteiger partial charge in [-0.2, -0.15) is 5.26 Å². The Balaban J connectivity index is 1.60. The normalized spacial score (nSPS) is 27.0. The van der Waals surface area contributed by atoms with Gasteiger partial charge in [-0.15, -0.1) is 0 Å². The molecule has 0 unspecified atom stereocenters. The van der Waals surface area contributed by atoms with E-state index in [9.17, 15) is 14.7 Å². The van der Waals surface area contributed by atoms with Crippen molar-refractivity contribution in [1.82, 2.24) is 4.98 Å². The molecule has 8 nitrogen and oxygen atoms in total. The summed E-state index contributed by atoms with van der Waals surface area (Å²) in [7, 11) is 0. The number of carbonyl (C=O) groups excluding carboxylic acids is 1. The second kappa shape index (κ2) is 9.65. The van der Waals surface area contributed by atoms with E-state index >= 15 is 0 Å². The van der Waals surface area contributed by atoms with Gasteiger partial charge in [0, 0.05) is 29.9 Å². The van der Waals surface area contributed by atoms with Crippen LogP contribution in [0.2, 0.25) is 0 Å². The van der Waals surface area contributed by atoms with Gasteiger partial charge in [-0.3, -0.25) is 4.98 Å². The first-order chi connectivity index (χ1) is 18.5. The Morgan fingerprint density at radius 1 is 1.21 bits per heavy atom. The number of hydrogen-bond donors (Lipinski definition) is 1. The predicted molar refractivity (Wildman–Crippen MR) is 143 cm³/mol. The summed E-state index contributed by atoms with van der Waals surface area (Å²) in [6.45, 7) is 10.2. The molecule has 0 bridgehead atoms. The number of aromatic nitrogens is 1. The largest absolute Gasteiger partial charge is 0.482 e. The van der Waals surface area contributed by atoms with E-state index in [-0.39, 0.29) is 28.9 Å². The number of aliphatic hydroxyl groups excluding tert-OH is 1. The Bertz CT molecular complexity index is 1490. The van der Waals surface area contributed by atoms with Crippen molar-refractivity contribution in [2.45, 2.75) is 58.8 Å². The molecular weight excluding hydrogens is 496 g/mol. The molecular formula is C31H32N2O6. The topological polar surface area (TPSA) is 123 Å². The van der Waals surface area contributed by atoms with Crippen LogP contribution in [-0.2, 0) is 4.74 Å². The molecule has 2 aliphatic rings. The van der Waals surface area contributed by atoms with E-state index in [0.717, 1.165) is 0 Å². The van der Waals surface area contributed by atoms with Gasteiger partial charge in [0.05, 0.1) is 23.3 Å². The van der Waals surface area contributed by atoms with Gasteiger partial charge in [0.25, 0.3) is 0 Å². The SMILES string of the molecule is CC(C)[C@@H]1C[C@H](OC(=O)c2ccc(C#N)cc2)[C@@]2(C)Oc3cc(-c4cccnc4)oc(=O)c3[C@H](O)[C@@H]2C1(C)C. The number of rotatable bonds is 4. The number of aliphatic hydroxyl groups is 1. The molecule has 202 valence electrons. The summed E-state index contributed by atoms with van der Waals surface area (Å²) in [6, 6.07) is 13.4. The highest BCUT2D eigenvalue weighted by Crippen LogP contribution is 2.61. The maximum atomic E-state index is 13.3. The average Bonchev–Trinajstić information content (AvgIpc) is 2.89. The van der Waals surface area contributed by atoms with E-state index in [2.05, 4.69) is 32.7 Å². The van der Waals surface area contributed by atoms with Crippen LogP contribution in [0, 0.1) is 34.5 Å². The predicted octanol–water partition coefficient (Wildman–Crippen LogP) is 5.30. The maximum absolute atomic E-state index is 13.3. The third-order valence-electron chi connectivity index (χ3n) is 8.62. The van der Waals surface area contributed by atoms with E-state index < -0.39 is 40.7 Å². The van der Waals surface area contributed by atoms with Crippen molar-refractivity contribution >= 4 is 5.97 Å². The fourth-order valence-electron chi connectivity index (χ4n) is 6.85. The fourth-order valence-corrected chi connectivity index (χ4v) is 6.85. The molecule has 1 aromatic carbocycles. The Labute approximate surface area is 227 Å². The van der Waals surface area contributed by atoms with Gasteiger partial charge in [-0.25, -0.2) is 9.59 Å². The molecule has 5 rings (SSSR count). The third-order valence-corrected chi connectivity index (χ3v) is 8.62. The standard InChI is InChI=1S/C31H32N2O6/c1-17(2)21-13-24(38-28(35)19-10-8-18(15-32)9-11-19)31(5)27(30(21,3)4)26(34)25-23(39-31)14-22(37-29(25)36)20-7-6-12-33-16-20/h6-12,14,16-17,21,24,26-27,34H,13H2,1-5H3/t21-,24-,26-,27+,31+/m0/s1. The van der Waals surface area contributed by atoms with Crippen molar-refractivity contribution in [2.24, 2.45) is 23.2 Å². The first-order valence-electron chi connectivity index (χ1n) is 13.1. The molecule has 8 heteroatoms. The van der Waals surface area contributed by atoms with Crippen molar-refractivity contribution < 1.29 is 23.8 Å². The molecule has 1 saturated carbocycles. The van der Waals surface area contributed by atoms with Crippen molar-refractivity contribution in [3.05, 3.63) is 82.0 Å². The Kier molecular flexibility index (Phi) is 6.59. The first kappa shape index (κ1) is 26.6. The Hall–Kier alpha value is -3.96. The zero-order chi connectivity index (χ0) is 28.1. The summed E-state index contributed by atoms with van der Waals surface area (Å²) in [5.41, 5.74) is -0.882. The Morgan fingerprint density at radius 2 is 1.92 bits per heavy atom. The third kappa shape index (κ3) is 4.41. The van der Waals surface area contributed by atoms with E-state index in [1.165, 1.54) is 0 Å². The summed E-state index contributed by atoms with van der Waals surface area (Å²) >= 11 is 0. The fraction of sp³-hybridized carbons (Fsp3) is 0.419. The van der Waals surface area contributed by atoms with Crippen LogP contribution < -0.4 is 10.4 Å². The molecule has 1 N–H and O–H groups in total. The van der Waals surface area contributed by atoms with Gasteiger partial charge in [-0.05, 0) is 67.0 Å². The van der Waals surface area contributed by atoms with E-state index in [0.29, 0.717) is 23.1 Å². The summed E-state index contributed by atoms with van der Waals surface area (Å²) in [5.74, 6) is -0.393. The van der Waals surface area contributed by atoms with E-state index in [1.54, 1.807) is 54.9 Å². The minimum atomic E-state index is -1.20. The van der Waals surface area contributed by atoms with Crippen LogP contribution >= 0.6 is 0 Å². The van der Waals surface area contributed by atoms with Crippen LogP contribution in [0.4, 0.5) is 0 Å². The quantitative estimate of drug-likeness (QED) is 0.453. The molecule has 2 aromatic heterocycles. The zero-order valence-corrected chi connectivity index (χ0v) is 22.7. The Morgan fingerprint density at radius 3 is 2.54 bits per heavy atom. The number of fused-ring (bicyclic) bond motifs is 2. The summed E-state index contributed by atoms with van der Waals surface area (Å²) < 4.78 is 18.4. The van der Waals surface area contributed by atoms with Crippen molar-refractivity contribution in [1.29, 1.82) is 5.26 Å². The molecule has 1 fully saturated rings. The van der Waals surface area contributed by atoms with Crippen LogP contribution in [0.1, 0.15) is 68.6 Å². The highest BCUT2D eigenvalue weighted by molar-refractivity contribution is 5.89. The monoisotopic (exact) mass is 528 g/mol. The average molecular weight is 529 g/mol. The lowest BCUT2D eigenvalue weighted by Crippen LogP contribution is -2.67. The van der Waals surface area contributed by atoms with Gasteiger partial charge >= 0.3 is 11.6 Å². The van der Waals surface area contributed by atoms with E-state index in [1.807, 2.05) is 13.0 Å². The van der Waals surface area contributed by atoms with Gasteiger partial charge in [0.2, 0.25) is 0 Å². The minimum Gasteiger partial charge on any atom is -0.482 e. The summed E-state index contributed by atoms with van der Waals surface area (Å²) in [4.78, 5) is 30.6. The highest BCUT2D eigenvalue weighted by Gasteiger charge is 2.64. The maximum Gasteiger partial charge on any atom is 0.345 e. The molecule has 0 saturated heterocycles. The highest BCUT2D eigenvalue weighted by atomic mass is 16.6. The van der Waals surface area contributed by atoms with Crippen LogP contribution in [0.5, 0.6) is 5.75 Å². The molecule has 1 aliphatic heterocycles. The number of ether oxygens (including phenoxy) is 2. The van der Waals surface area contributed by atoms with Crippen LogP contribution in [0.15, 0.2) is 64.1 Å². The van der Waals surface area contributed by atoms with Crippen molar-refractivity contribution in [3.63, 3.8) is 0 Å². The van der Waals surface area contributed by atoms with E-state index in [4.69, 9.17) is 19.2 Å². The first-order valence-corrected chi connectivity index (χ1v) is 13.1. The molecule has 3 aromatic rings. The van der Waals surface area contributed by atoms with Gasteiger partial charge in [0.15, 0.2) is 0 Å². The lowest BCUT2D eigenvalue weighted by Gasteiger charge is -2.60.